The van der Waals surface area contributed by atoms with Gasteiger partial charge in [-0.3, -0.25) is 4.68 Å². The maximum atomic E-state index is 13.6. The highest BCUT2D eigenvalue weighted by Gasteiger charge is 2.19. The highest BCUT2D eigenvalue weighted by atomic mass is 19.1. The Morgan fingerprint density at radius 1 is 1.14 bits per heavy atom. The second-order valence-corrected chi connectivity index (χ2v) is 8.56. The fraction of sp³-hybridized carbons (Fsp3) is 0.192. The van der Waals surface area contributed by atoms with Crippen molar-refractivity contribution < 1.29 is 13.9 Å². The molecule has 176 valence electrons. The lowest BCUT2D eigenvalue weighted by molar-refractivity contribution is 0.142. The van der Waals surface area contributed by atoms with Crippen molar-refractivity contribution in [2.24, 2.45) is 0 Å². The van der Waals surface area contributed by atoms with Crippen molar-refractivity contribution in [3.05, 3.63) is 78.5 Å². The molecule has 0 aliphatic carbocycles. The summed E-state index contributed by atoms with van der Waals surface area (Å²) in [5.74, 6) is 0.989. The molecule has 1 fully saturated rings. The van der Waals surface area contributed by atoms with Crippen LogP contribution in [0.2, 0.25) is 0 Å². The van der Waals surface area contributed by atoms with Crippen LogP contribution in [0.1, 0.15) is 12.0 Å². The first-order valence-corrected chi connectivity index (χ1v) is 11.4. The van der Waals surface area contributed by atoms with Crippen LogP contribution in [0.4, 0.5) is 21.6 Å². The van der Waals surface area contributed by atoms with Gasteiger partial charge in [-0.05, 0) is 42.0 Å². The standard InChI is InChI=1S/C26H23FN6O2/c27-18-3-1-2-16(8-18)13-33-24-5-4-19(9-17(24)12-31-33)32-26-21-10-22(28)25(11-23(21)29-15-30-26)35-20-6-7-34-14-20/h1-5,8-12,15,20H,6-7,13-14,28H2,(H,29,30,32)/t20-/m0/s1. The van der Waals surface area contributed by atoms with E-state index in [0.29, 0.717) is 37.0 Å². The number of aromatic nitrogens is 4. The van der Waals surface area contributed by atoms with Crippen molar-refractivity contribution in [3.63, 3.8) is 0 Å². The van der Waals surface area contributed by atoms with Gasteiger partial charge >= 0.3 is 0 Å². The van der Waals surface area contributed by atoms with E-state index in [0.717, 1.165) is 39.5 Å². The third-order valence-corrected chi connectivity index (χ3v) is 6.07. The third-order valence-electron chi connectivity index (χ3n) is 6.07. The summed E-state index contributed by atoms with van der Waals surface area (Å²) in [5, 5.41) is 9.60. The van der Waals surface area contributed by atoms with Crippen LogP contribution in [0.15, 0.2) is 67.1 Å². The molecule has 1 aliphatic heterocycles. The molecule has 0 bridgehead atoms. The summed E-state index contributed by atoms with van der Waals surface area (Å²) >= 11 is 0. The molecule has 2 aromatic heterocycles. The van der Waals surface area contributed by atoms with Crippen LogP contribution in [0.25, 0.3) is 21.8 Å². The van der Waals surface area contributed by atoms with Crippen LogP contribution < -0.4 is 15.8 Å². The van der Waals surface area contributed by atoms with Crippen LogP contribution >= 0.6 is 0 Å². The Bertz CT molecular complexity index is 1530. The molecule has 5 aromatic rings. The molecule has 0 saturated carbocycles. The van der Waals surface area contributed by atoms with Gasteiger partial charge in [0.2, 0.25) is 0 Å². The molecule has 35 heavy (non-hydrogen) atoms. The first-order valence-electron chi connectivity index (χ1n) is 11.4. The molecular weight excluding hydrogens is 447 g/mol. The van der Waals surface area contributed by atoms with Gasteiger partial charge in [-0.2, -0.15) is 5.10 Å². The van der Waals surface area contributed by atoms with E-state index in [4.69, 9.17) is 15.2 Å². The Hall–Kier alpha value is -4.24. The van der Waals surface area contributed by atoms with Crippen LogP contribution in [0.3, 0.4) is 0 Å². The Balaban J connectivity index is 1.26. The number of anilines is 3. The number of fused-ring (bicyclic) bond motifs is 2. The first kappa shape index (κ1) is 21.3. The van der Waals surface area contributed by atoms with E-state index in [1.54, 1.807) is 12.3 Å². The molecule has 9 heteroatoms. The van der Waals surface area contributed by atoms with Gasteiger partial charge in [-0.15, -0.1) is 0 Å². The zero-order valence-corrected chi connectivity index (χ0v) is 18.8. The number of nitrogens with zero attached hydrogens (tertiary/aromatic N) is 4. The number of ether oxygens (including phenoxy) is 2. The van der Waals surface area contributed by atoms with Gasteiger partial charge in [-0.1, -0.05) is 12.1 Å². The second kappa shape index (κ2) is 8.84. The van der Waals surface area contributed by atoms with E-state index in [2.05, 4.69) is 20.4 Å². The summed E-state index contributed by atoms with van der Waals surface area (Å²) in [6.45, 7) is 1.75. The molecule has 0 amide bonds. The normalized spacial score (nSPS) is 15.6. The highest BCUT2D eigenvalue weighted by molar-refractivity contribution is 5.95. The fourth-order valence-corrected chi connectivity index (χ4v) is 4.32. The third kappa shape index (κ3) is 4.33. The van der Waals surface area contributed by atoms with Crippen molar-refractivity contribution in [1.82, 2.24) is 19.7 Å². The molecule has 0 spiro atoms. The van der Waals surface area contributed by atoms with E-state index < -0.39 is 0 Å². The Morgan fingerprint density at radius 2 is 2.09 bits per heavy atom. The number of nitrogen functional groups attached to an aromatic ring is 1. The predicted octanol–water partition coefficient (Wildman–Crippen LogP) is 4.66. The van der Waals surface area contributed by atoms with Crippen molar-refractivity contribution in [1.29, 1.82) is 0 Å². The molecule has 3 N–H and O–H groups in total. The topological polar surface area (TPSA) is 100 Å². The minimum absolute atomic E-state index is 0.00254. The van der Waals surface area contributed by atoms with E-state index in [1.807, 2.05) is 41.1 Å². The van der Waals surface area contributed by atoms with Crippen LogP contribution in [-0.2, 0) is 11.3 Å². The minimum Gasteiger partial charge on any atom is -0.486 e. The zero-order valence-electron chi connectivity index (χ0n) is 18.8. The molecule has 8 nitrogen and oxygen atoms in total. The number of hydrogen-bond donors (Lipinski definition) is 2. The smallest absolute Gasteiger partial charge is 0.144 e. The van der Waals surface area contributed by atoms with E-state index in [1.165, 1.54) is 18.5 Å². The average molecular weight is 471 g/mol. The number of nitrogens with one attached hydrogen (secondary N) is 1. The lowest BCUT2D eigenvalue weighted by Crippen LogP contribution is -2.16. The van der Waals surface area contributed by atoms with Gasteiger partial charge in [0, 0.05) is 28.9 Å². The predicted molar refractivity (Wildman–Crippen MR) is 132 cm³/mol. The Kier molecular flexibility index (Phi) is 5.38. The van der Waals surface area contributed by atoms with E-state index >= 15 is 0 Å². The summed E-state index contributed by atoms with van der Waals surface area (Å²) in [6, 6.07) is 16.2. The van der Waals surface area contributed by atoms with Gasteiger partial charge in [-0.25, -0.2) is 14.4 Å². The van der Waals surface area contributed by atoms with Crippen molar-refractivity contribution >= 4 is 39.0 Å². The van der Waals surface area contributed by atoms with E-state index in [9.17, 15) is 4.39 Å². The molecule has 6 rings (SSSR count). The molecule has 0 unspecified atom stereocenters. The van der Waals surface area contributed by atoms with Crippen LogP contribution in [0, 0.1) is 5.82 Å². The Labute approximate surface area is 200 Å². The number of halogens is 1. The number of rotatable bonds is 6. The van der Waals surface area contributed by atoms with E-state index in [-0.39, 0.29) is 11.9 Å². The van der Waals surface area contributed by atoms with Crippen molar-refractivity contribution in [2.45, 2.75) is 19.1 Å². The zero-order chi connectivity index (χ0) is 23.8. The summed E-state index contributed by atoms with van der Waals surface area (Å²) in [4.78, 5) is 8.83. The minimum atomic E-state index is -0.255. The average Bonchev–Trinajstić information content (AvgIpc) is 3.50. The molecule has 1 aliphatic rings. The number of nitrogens with two attached hydrogens (primary N) is 1. The summed E-state index contributed by atoms with van der Waals surface area (Å²) in [7, 11) is 0. The largest absolute Gasteiger partial charge is 0.486 e. The van der Waals surface area contributed by atoms with Crippen molar-refractivity contribution in [2.75, 3.05) is 24.3 Å². The molecule has 0 radical (unpaired) electrons. The molecule has 3 heterocycles. The first-order chi connectivity index (χ1) is 17.1. The van der Waals surface area contributed by atoms with Crippen LogP contribution in [-0.4, -0.2) is 39.1 Å². The SMILES string of the molecule is Nc1cc2c(Nc3ccc4c(cnn4Cc4cccc(F)c4)c3)ncnc2cc1O[C@H]1CCOC1. The maximum absolute atomic E-state index is 13.6. The molecule has 1 atom stereocenters. The quantitative estimate of drug-likeness (QED) is 0.348. The molecule has 3 aromatic carbocycles. The number of benzene rings is 3. The summed E-state index contributed by atoms with van der Waals surface area (Å²) < 4.78 is 26.8. The summed E-state index contributed by atoms with van der Waals surface area (Å²) in [6.07, 6.45) is 4.16. The lowest BCUT2D eigenvalue weighted by Gasteiger charge is -2.15. The van der Waals surface area contributed by atoms with Gasteiger partial charge in [0.15, 0.2) is 0 Å². The summed E-state index contributed by atoms with van der Waals surface area (Å²) in [5.41, 5.74) is 10.2. The van der Waals surface area contributed by atoms with Crippen molar-refractivity contribution in [3.8, 4) is 5.75 Å². The second-order valence-electron chi connectivity index (χ2n) is 8.56. The van der Waals surface area contributed by atoms with Gasteiger partial charge in [0.25, 0.3) is 0 Å². The van der Waals surface area contributed by atoms with Gasteiger partial charge in [0.05, 0.1) is 42.7 Å². The highest BCUT2D eigenvalue weighted by Crippen LogP contribution is 2.33. The maximum Gasteiger partial charge on any atom is 0.144 e. The Morgan fingerprint density at radius 3 is 2.94 bits per heavy atom. The monoisotopic (exact) mass is 470 g/mol. The van der Waals surface area contributed by atoms with Gasteiger partial charge in [0.1, 0.15) is 29.8 Å². The fourth-order valence-electron chi connectivity index (χ4n) is 4.32. The lowest BCUT2D eigenvalue weighted by atomic mass is 10.1. The van der Waals surface area contributed by atoms with Crippen LogP contribution in [0.5, 0.6) is 5.75 Å². The number of hydrogen-bond acceptors (Lipinski definition) is 7. The van der Waals surface area contributed by atoms with Gasteiger partial charge < -0.3 is 20.5 Å². The molecular formula is C26H23FN6O2. The molecule has 1 saturated heterocycles.